The minimum absolute atomic E-state index is 0.135. The van der Waals surface area contributed by atoms with Gasteiger partial charge in [-0.2, -0.15) is 4.31 Å². The molecule has 1 saturated heterocycles. The Bertz CT molecular complexity index is 1040. The molecule has 1 aromatic carbocycles. The summed E-state index contributed by atoms with van der Waals surface area (Å²) >= 11 is 0. The van der Waals surface area contributed by atoms with E-state index in [0.29, 0.717) is 56.1 Å². The highest BCUT2D eigenvalue weighted by Gasteiger charge is 2.37. The molecule has 1 amide bonds. The van der Waals surface area contributed by atoms with Crippen LogP contribution in [0.3, 0.4) is 0 Å². The van der Waals surface area contributed by atoms with Crippen molar-refractivity contribution >= 4 is 21.6 Å². The third-order valence-corrected chi connectivity index (χ3v) is 7.54. The lowest BCUT2D eigenvalue weighted by molar-refractivity contribution is -0.118. The second-order valence-electron chi connectivity index (χ2n) is 7.45. The van der Waals surface area contributed by atoms with E-state index < -0.39 is 10.0 Å². The molecule has 8 heteroatoms. The second kappa shape index (κ2) is 6.56. The fourth-order valence-electron chi connectivity index (χ4n) is 4.32. The molecule has 3 aliphatic rings. The van der Waals surface area contributed by atoms with E-state index in [2.05, 4.69) is 4.98 Å². The summed E-state index contributed by atoms with van der Waals surface area (Å²) in [5.41, 5.74) is 2.87. The predicted octanol–water partition coefficient (Wildman–Crippen LogP) is 1.76. The van der Waals surface area contributed by atoms with Gasteiger partial charge in [-0.1, -0.05) is 6.07 Å². The number of hydrogen-bond donors (Lipinski definition) is 0. The molecule has 0 N–H and O–H groups in total. The zero-order valence-corrected chi connectivity index (χ0v) is 16.2. The Morgan fingerprint density at radius 3 is 2.68 bits per heavy atom. The first-order valence-corrected chi connectivity index (χ1v) is 11.0. The maximum absolute atomic E-state index is 13.2. The van der Waals surface area contributed by atoms with Crippen molar-refractivity contribution in [3.8, 4) is 5.88 Å². The van der Waals surface area contributed by atoms with Gasteiger partial charge in [-0.05, 0) is 48.6 Å². The zero-order valence-electron chi connectivity index (χ0n) is 15.4. The molecule has 28 heavy (non-hydrogen) atoms. The summed E-state index contributed by atoms with van der Waals surface area (Å²) in [5.74, 6) is 0.648. The van der Waals surface area contributed by atoms with Crippen LogP contribution in [-0.2, 0) is 27.7 Å². The summed E-state index contributed by atoms with van der Waals surface area (Å²) in [6.45, 7) is 1.39. The molecule has 0 spiro atoms. The van der Waals surface area contributed by atoms with E-state index in [1.165, 1.54) is 4.31 Å². The van der Waals surface area contributed by atoms with Crippen LogP contribution < -0.4 is 9.64 Å². The Morgan fingerprint density at radius 1 is 1.07 bits per heavy atom. The monoisotopic (exact) mass is 399 g/mol. The molecule has 0 radical (unpaired) electrons. The summed E-state index contributed by atoms with van der Waals surface area (Å²) in [5, 5.41) is 0. The number of amides is 1. The number of rotatable bonds is 4. The number of carbonyl (C=O) groups is 1. The van der Waals surface area contributed by atoms with Gasteiger partial charge in [-0.25, -0.2) is 13.4 Å². The molecule has 7 nitrogen and oxygen atoms in total. The number of benzene rings is 1. The van der Waals surface area contributed by atoms with E-state index in [1.54, 1.807) is 29.3 Å². The average Bonchev–Trinajstić information content (AvgIpc) is 3.34. The summed E-state index contributed by atoms with van der Waals surface area (Å²) in [6, 6.07) is 8.93. The van der Waals surface area contributed by atoms with Crippen molar-refractivity contribution in [1.29, 1.82) is 0 Å². The van der Waals surface area contributed by atoms with E-state index in [4.69, 9.17) is 4.74 Å². The molecule has 3 aliphatic heterocycles. The van der Waals surface area contributed by atoms with Gasteiger partial charge in [-0.3, -0.25) is 4.79 Å². The summed E-state index contributed by atoms with van der Waals surface area (Å²) in [4.78, 5) is 18.4. The zero-order chi connectivity index (χ0) is 19.3. The lowest BCUT2D eigenvalue weighted by atomic mass is 10.00. The largest absolute Gasteiger partial charge is 0.473 e. The van der Waals surface area contributed by atoms with Crippen molar-refractivity contribution in [1.82, 2.24) is 9.29 Å². The van der Waals surface area contributed by atoms with Crippen LogP contribution in [0, 0.1) is 0 Å². The van der Waals surface area contributed by atoms with Crippen molar-refractivity contribution < 1.29 is 17.9 Å². The number of ether oxygens (including phenoxy) is 1. The normalized spacial score (nSPS) is 21.8. The summed E-state index contributed by atoms with van der Waals surface area (Å²) < 4.78 is 33.8. The van der Waals surface area contributed by atoms with Gasteiger partial charge in [0.2, 0.25) is 21.8 Å². The highest BCUT2D eigenvalue weighted by atomic mass is 32.2. The standard InChI is InChI=1S/C20H21N3O4S/c24-19-5-4-14-11-17(12-15-6-10-23(19)20(14)15)28(25,26)22-9-7-16(13-22)27-18-3-1-2-8-21-18/h1-3,8,11-12,16H,4-7,9-10,13H2. The van der Waals surface area contributed by atoms with Crippen LogP contribution in [0.5, 0.6) is 5.88 Å². The maximum Gasteiger partial charge on any atom is 0.243 e. The SMILES string of the molecule is O=C1CCc2cc(S(=O)(=O)N3CCC(Oc4ccccn4)C3)cc3c2N1CC3. The number of sulfonamides is 1. The Balaban J connectivity index is 1.39. The first-order valence-electron chi connectivity index (χ1n) is 9.56. The molecule has 5 rings (SSSR count). The molecular formula is C20H21N3O4S. The summed E-state index contributed by atoms with van der Waals surface area (Å²) in [7, 11) is -3.60. The van der Waals surface area contributed by atoms with Crippen molar-refractivity contribution in [3.05, 3.63) is 47.7 Å². The Hall–Kier alpha value is -2.45. The van der Waals surface area contributed by atoms with E-state index in [9.17, 15) is 13.2 Å². The van der Waals surface area contributed by atoms with Crippen LogP contribution in [0.1, 0.15) is 24.0 Å². The van der Waals surface area contributed by atoms with Crippen LogP contribution in [0.2, 0.25) is 0 Å². The minimum Gasteiger partial charge on any atom is -0.473 e. The smallest absolute Gasteiger partial charge is 0.243 e. The molecule has 1 atom stereocenters. The molecule has 146 valence electrons. The molecule has 1 aromatic heterocycles. The third-order valence-electron chi connectivity index (χ3n) is 5.70. The van der Waals surface area contributed by atoms with Gasteiger partial charge in [0, 0.05) is 31.8 Å². The molecule has 4 heterocycles. The van der Waals surface area contributed by atoms with Gasteiger partial charge >= 0.3 is 0 Å². The topological polar surface area (TPSA) is 79.8 Å². The number of nitrogens with zero attached hydrogens (tertiary/aromatic N) is 3. The van der Waals surface area contributed by atoms with Crippen molar-refractivity contribution in [2.75, 3.05) is 24.5 Å². The van der Waals surface area contributed by atoms with Gasteiger partial charge in [0.15, 0.2) is 0 Å². The lowest BCUT2D eigenvalue weighted by Gasteiger charge is -2.26. The Labute approximate surface area is 164 Å². The quantitative estimate of drug-likeness (QED) is 0.783. The first kappa shape index (κ1) is 17.6. The van der Waals surface area contributed by atoms with Gasteiger partial charge < -0.3 is 9.64 Å². The molecule has 1 unspecified atom stereocenters. The third kappa shape index (κ3) is 2.87. The average molecular weight is 399 g/mol. The Kier molecular flexibility index (Phi) is 4.13. The van der Waals surface area contributed by atoms with Crippen LogP contribution >= 0.6 is 0 Å². The van der Waals surface area contributed by atoms with Crippen molar-refractivity contribution in [2.24, 2.45) is 0 Å². The van der Waals surface area contributed by atoms with Crippen LogP contribution in [-0.4, -0.2) is 49.4 Å². The minimum atomic E-state index is -3.60. The maximum atomic E-state index is 13.2. The van der Waals surface area contributed by atoms with E-state index in [-0.39, 0.29) is 12.0 Å². The molecule has 0 saturated carbocycles. The second-order valence-corrected chi connectivity index (χ2v) is 9.38. The van der Waals surface area contributed by atoms with Gasteiger partial charge in [0.1, 0.15) is 6.10 Å². The number of anilines is 1. The fourth-order valence-corrected chi connectivity index (χ4v) is 5.91. The number of carbonyl (C=O) groups excluding carboxylic acids is 1. The predicted molar refractivity (Wildman–Crippen MR) is 103 cm³/mol. The number of aromatic nitrogens is 1. The van der Waals surface area contributed by atoms with Crippen LogP contribution in [0.25, 0.3) is 0 Å². The van der Waals surface area contributed by atoms with Gasteiger partial charge in [-0.15, -0.1) is 0 Å². The van der Waals surface area contributed by atoms with Crippen LogP contribution in [0.4, 0.5) is 5.69 Å². The number of pyridine rings is 1. The van der Waals surface area contributed by atoms with Gasteiger partial charge in [0.25, 0.3) is 0 Å². The molecular weight excluding hydrogens is 378 g/mol. The highest BCUT2D eigenvalue weighted by molar-refractivity contribution is 7.89. The van der Waals surface area contributed by atoms with Gasteiger partial charge in [0.05, 0.1) is 17.1 Å². The highest BCUT2D eigenvalue weighted by Crippen LogP contribution is 2.39. The first-order chi connectivity index (χ1) is 13.5. The van der Waals surface area contributed by atoms with Crippen molar-refractivity contribution in [3.63, 3.8) is 0 Å². The number of aryl methyl sites for hydroxylation is 1. The molecule has 1 fully saturated rings. The molecule has 0 bridgehead atoms. The van der Waals surface area contributed by atoms with E-state index in [0.717, 1.165) is 16.8 Å². The summed E-state index contributed by atoms with van der Waals surface area (Å²) in [6.07, 6.45) is 3.85. The fraction of sp³-hybridized carbons (Fsp3) is 0.400. The van der Waals surface area contributed by atoms with Crippen molar-refractivity contribution in [2.45, 2.75) is 36.7 Å². The lowest BCUT2D eigenvalue weighted by Crippen LogP contribution is -2.33. The van der Waals surface area contributed by atoms with E-state index in [1.807, 2.05) is 12.1 Å². The molecule has 0 aliphatic carbocycles. The Morgan fingerprint density at radius 2 is 1.89 bits per heavy atom. The van der Waals surface area contributed by atoms with Crippen LogP contribution in [0.15, 0.2) is 41.4 Å². The number of hydrogen-bond acceptors (Lipinski definition) is 5. The van der Waals surface area contributed by atoms with E-state index >= 15 is 0 Å². The molecule has 2 aromatic rings.